The average Bonchev–Trinajstić information content (AvgIpc) is 2.80. The zero-order valence-electron chi connectivity index (χ0n) is 19.1. The standard InChI is InChI=1S/C23H32N2O6S/c1-5-15-31-20-11-7-6-9-18(20)10-8-14-24-23(26)17-25(2)32(27,28)19-12-13-21(29-3)22(16-19)30-4/h6-7,9,11-13,16H,5,8,10,14-15,17H2,1-4H3,(H,24,26). The summed E-state index contributed by atoms with van der Waals surface area (Å²) in [6, 6.07) is 12.2. The lowest BCUT2D eigenvalue weighted by molar-refractivity contribution is -0.121. The number of methoxy groups -OCH3 is 2. The molecule has 0 bridgehead atoms. The average molecular weight is 465 g/mol. The van der Waals surface area contributed by atoms with Crippen molar-refractivity contribution in [2.75, 3.05) is 41.0 Å². The summed E-state index contributed by atoms with van der Waals surface area (Å²) in [6.07, 6.45) is 2.40. The van der Waals surface area contributed by atoms with Crippen molar-refractivity contribution >= 4 is 15.9 Å². The fourth-order valence-corrected chi connectivity index (χ4v) is 4.21. The molecule has 0 atom stereocenters. The van der Waals surface area contributed by atoms with Gasteiger partial charge in [-0.3, -0.25) is 4.79 Å². The van der Waals surface area contributed by atoms with E-state index >= 15 is 0 Å². The molecule has 0 saturated carbocycles. The molecule has 0 unspecified atom stereocenters. The first-order valence-corrected chi connectivity index (χ1v) is 11.9. The number of hydrogen-bond donors (Lipinski definition) is 1. The van der Waals surface area contributed by atoms with Crippen LogP contribution in [0.3, 0.4) is 0 Å². The predicted molar refractivity (Wildman–Crippen MR) is 123 cm³/mol. The lowest BCUT2D eigenvalue weighted by Crippen LogP contribution is -2.38. The van der Waals surface area contributed by atoms with Crippen molar-refractivity contribution in [2.45, 2.75) is 31.1 Å². The number of rotatable bonds is 13. The van der Waals surface area contributed by atoms with Gasteiger partial charge in [0.05, 0.1) is 32.3 Å². The molecule has 1 N–H and O–H groups in total. The van der Waals surface area contributed by atoms with E-state index in [-0.39, 0.29) is 17.3 Å². The summed E-state index contributed by atoms with van der Waals surface area (Å²) in [5.41, 5.74) is 1.09. The minimum absolute atomic E-state index is 0.0223. The molecule has 0 aliphatic heterocycles. The minimum Gasteiger partial charge on any atom is -0.493 e. The molecule has 0 saturated heterocycles. The fourth-order valence-electron chi connectivity index (χ4n) is 3.07. The summed E-state index contributed by atoms with van der Waals surface area (Å²) in [7, 11) is 0.411. The molecule has 8 nitrogen and oxygen atoms in total. The summed E-state index contributed by atoms with van der Waals surface area (Å²) >= 11 is 0. The van der Waals surface area contributed by atoms with Crippen molar-refractivity contribution in [1.29, 1.82) is 0 Å². The molecule has 0 aliphatic rings. The number of ether oxygens (including phenoxy) is 3. The molecule has 2 aromatic rings. The van der Waals surface area contributed by atoms with E-state index < -0.39 is 10.0 Å². The Hall–Kier alpha value is -2.78. The van der Waals surface area contributed by atoms with Crippen molar-refractivity contribution in [3.05, 3.63) is 48.0 Å². The molecule has 1 amide bonds. The van der Waals surface area contributed by atoms with Gasteiger partial charge in [-0.15, -0.1) is 0 Å². The third-order valence-electron chi connectivity index (χ3n) is 4.81. The first-order valence-electron chi connectivity index (χ1n) is 10.5. The van der Waals surface area contributed by atoms with Gasteiger partial charge < -0.3 is 19.5 Å². The number of para-hydroxylation sites is 1. The number of amides is 1. The van der Waals surface area contributed by atoms with Crippen LogP contribution in [-0.2, 0) is 21.2 Å². The Bertz CT molecular complexity index is 994. The molecule has 2 rings (SSSR count). The van der Waals surface area contributed by atoms with Crippen LogP contribution in [0.25, 0.3) is 0 Å². The quantitative estimate of drug-likeness (QED) is 0.458. The molecule has 0 aromatic heterocycles. The molecule has 2 aromatic carbocycles. The van der Waals surface area contributed by atoms with Crippen LogP contribution in [0.1, 0.15) is 25.3 Å². The summed E-state index contributed by atoms with van der Waals surface area (Å²) in [5, 5.41) is 2.78. The molecule has 0 aliphatic carbocycles. The van der Waals surface area contributed by atoms with E-state index in [9.17, 15) is 13.2 Å². The normalized spacial score (nSPS) is 11.3. The Morgan fingerprint density at radius 1 is 1.03 bits per heavy atom. The van der Waals surface area contributed by atoms with Crippen LogP contribution >= 0.6 is 0 Å². The molecule has 0 heterocycles. The SMILES string of the molecule is CCCOc1ccccc1CCCNC(=O)CN(C)S(=O)(=O)c1ccc(OC)c(OC)c1. The smallest absolute Gasteiger partial charge is 0.243 e. The van der Waals surface area contributed by atoms with Gasteiger partial charge in [-0.25, -0.2) is 8.42 Å². The summed E-state index contributed by atoms with van der Waals surface area (Å²) in [6.45, 7) is 2.87. The number of nitrogens with one attached hydrogen (secondary N) is 1. The van der Waals surface area contributed by atoms with Gasteiger partial charge in [0, 0.05) is 19.7 Å². The van der Waals surface area contributed by atoms with E-state index in [2.05, 4.69) is 12.2 Å². The monoisotopic (exact) mass is 464 g/mol. The van der Waals surface area contributed by atoms with Crippen LogP contribution in [-0.4, -0.2) is 59.6 Å². The highest BCUT2D eigenvalue weighted by Crippen LogP contribution is 2.30. The zero-order valence-corrected chi connectivity index (χ0v) is 19.9. The first-order chi connectivity index (χ1) is 15.3. The summed E-state index contributed by atoms with van der Waals surface area (Å²) in [4.78, 5) is 12.3. The highest BCUT2D eigenvalue weighted by molar-refractivity contribution is 7.89. The third kappa shape index (κ3) is 6.86. The number of carbonyl (C=O) groups is 1. The molecule has 176 valence electrons. The van der Waals surface area contributed by atoms with Crippen LogP contribution in [0.15, 0.2) is 47.4 Å². The van der Waals surface area contributed by atoms with Crippen molar-refractivity contribution in [3.63, 3.8) is 0 Å². The molecule has 0 fully saturated rings. The topological polar surface area (TPSA) is 94.2 Å². The third-order valence-corrected chi connectivity index (χ3v) is 6.61. The van der Waals surface area contributed by atoms with Crippen molar-refractivity contribution in [2.24, 2.45) is 0 Å². The second-order valence-electron chi connectivity index (χ2n) is 7.19. The lowest BCUT2D eigenvalue weighted by atomic mass is 10.1. The summed E-state index contributed by atoms with van der Waals surface area (Å²) < 4.78 is 42.7. The molecular formula is C23H32N2O6S. The Morgan fingerprint density at radius 2 is 1.75 bits per heavy atom. The van der Waals surface area contributed by atoms with E-state index in [1.807, 2.05) is 24.3 Å². The molecule has 0 radical (unpaired) electrons. The van der Waals surface area contributed by atoms with Crippen molar-refractivity contribution < 1.29 is 27.4 Å². The van der Waals surface area contributed by atoms with Crippen LogP contribution in [0.4, 0.5) is 0 Å². The lowest BCUT2D eigenvalue weighted by Gasteiger charge is -2.18. The van der Waals surface area contributed by atoms with E-state index in [0.717, 1.165) is 28.5 Å². The molecular weight excluding hydrogens is 432 g/mol. The number of nitrogens with zero attached hydrogens (tertiary/aromatic N) is 1. The van der Waals surface area contributed by atoms with Crippen LogP contribution in [0.5, 0.6) is 17.2 Å². The molecule has 32 heavy (non-hydrogen) atoms. The zero-order chi connectivity index (χ0) is 23.6. The minimum atomic E-state index is -3.86. The van der Waals surface area contributed by atoms with Gasteiger partial charge in [0.15, 0.2) is 11.5 Å². The largest absolute Gasteiger partial charge is 0.493 e. The van der Waals surface area contributed by atoms with Crippen molar-refractivity contribution in [3.8, 4) is 17.2 Å². The van der Waals surface area contributed by atoms with E-state index in [4.69, 9.17) is 14.2 Å². The van der Waals surface area contributed by atoms with Gasteiger partial charge in [-0.2, -0.15) is 4.31 Å². The fraction of sp³-hybridized carbons (Fsp3) is 0.435. The second-order valence-corrected chi connectivity index (χ2v) is 9.23. The van der Waals surface area contributed by atoms with Gasteiger partial charge in [-0.05, 0) is 43.0 Å². The van der Waals surface area contributed by atoms with E-state index in [1.165, 1.54) is 39.5 Å². The maximum Gasteiger partial charge on any atom is 0.243 e. The van der Waals surface area contributed by atoms with Crippen LogP contribution in [0, 0.1) is 0 Å². The Morgan fingerprint density at radius 3 is 2.44 bits per heavy atom. The molecule has 0 spiro atoms. The van der Waals surface area contributed by atoms with E-state index in [1.54, 1.807) is 0 Å². The Balaban J connectivity index is 1.88. The maximum absolute atomic E-state index is 12.8. The van der Waals surface area contributed by atoms with Gasteiger partial charge in [-0.1, -0.05) is 25.1 Å². The number of benzene rings is 2. The Kier molecular flexibility index (Phi) is 9.80. The maximum atomic E-state index is 12.8. The van der Waals surface area contributed by atoms with Crippen LogP contribution in [0.2, 0.25) is 0 Å². The molecule has 9 heteroatoms. The Labute approximate surface area is 190 Å². The number of carbonyl (C=O) groups excluding carboxylic acids is 1. The second kappa shape index (κ2) is 12.3. The van der Waals surface area contributed by atoms with E-state index in [0.29, 0.717) is 31.1 Å². The number of likely N-dealkylation sites (N-methyl/N-ethyl adjacent to an activating group) is 1. The number of hydrogen-bond acceptors (Lipinski definition) is 6. The number of aryl methyl sites for hydroxylation is 1. The van der Waals surface area contributed by atoms with Crippen LogP contribution < -0.4 is 19.5 Å². The highest BCUT2D eigenvalue weighted by Gasteiger charge is 2.24. The van der Waals surface area contributed by atoms with Crippen molar-refractivity contribution in [1.82, 2.24) is 9.62 Å². The number of sulfonamides is 1. The van der Waals surface area contributed by atoms with Gasteiger partial charge in [0.25, 0.3) is 0 Å². The summed E-state index contributed by atoms with van der Waals surface area (Å²) in [5.74, 6) is 1.22. The highest BCUT2D eigenvalue weighted by atomic mass is 32.2. The van der Waals surface area contributed by atoms with Gasteiger partial charge >= 0.3 is 0 Å². The van der Waals surface area contributed by atoms with Gasteiger partial charge in [0.2, 0.25) is 15.9 Å². The van der Waals surface area contributed by atoms with Gasteiger partial charge in [0.1, 0.15) is 5.75 Å². The first kappa shape index (κ1) is 25.5. The predicted octanol–water partition coefficient (Wildman–Crippen LogP) is 2.86.